The third-order valence-electron chi connectivity index (χ3n) is 5.36. The number of anilines is 2. The Morgan fingerprint density at radius 3 is 2.50 bits per heavy atom. The number of benzene rings is 1. The Hall–Kier alpha value is -2.91. The number of urea groups is 1. The van der Waals surface area contributed by atoms with Crippen molar-refractivity contribution in [1.82, 2.24) is 20.6 Å². The van der Waals surface area contributed by atoms with Gasteiger partial charge in [0.15, 0.2) is 0 Å². The molecule has 160 valence electrons. The number of hydrogen-bond donors (Lipinski definition) is 3. The Labute approximate surface area is 176 Å². The van der Waals surface area contributed by atoms with Gasteiger partial charge < -0.3 is 30.3 Å². The van der Waals surface area contributed by atoms with Gasteiger partial charge in [0.25, 0.3) is 0 Å². The van der Waals surface area contributed by atoms with Crippen molar-refractivity contribution in [3.8, 4) is 11.3 Å². The van der Waals surface area contributed by atoms with Crippen molar-refractivity contribution in [2.45, 2.75) is 31.2 Å². The zero-order chi connectivity index (χ0) is 21.1. The van der Waals surface area contributed by atoms with Gasteiger partial charge in [0.2, 0.25) is 5.95 Å². The van der Waals surface area contributed by atoms with Crippen molar-refractivity contribution >= 4 is 17.7 Å². The first-order valence-corrected chi connectivity index (χ1v) is 10.2. The Balaban J connectivity index is 1.41. The monoisotopic (exact) mass is 412 g/mol. The van der Waals surface area contributed by atoms with E-state index < -0.39 is 0 Å². The van der Waals surface area contributed by atoms with E-state index in [0.29, 0.717) is 25.7 Å². The molecule has 3 heterocycles. The summed E-state index contributed by atoms with van der Waals surface area (Å²) in [6.07, 6.45) is 1.39. The molecule has 9 heteroatoms. The van der Waals surface area contributed by atoms with Gasteiger partial charge in [-0.25, -0.2) is 14.8 Å². The molecule has 1 aromatic carbocycles. The molecule has 0 radical (unpaired) electrons. The minimum Gasteiger partial charge on any atom is -0.378 e. The van der Waals surface area contributed by atoms with Crippen LogP contribution in [0.15, 0.2) is 36.5 Å². The first kappa shape index (κ1) is 20.4. The zero-order valence-corrected chi connectivity index (χ0v) is 17.5. The molecule has 2 aliphatic rings. The maximum Gasteiger partial charge on any atom is 0.315 e. The van der Waals surface area contributed by atoms with E-state index in [1.165, 1.54) is 0 Å². The third kappa shape index (κ3) is 4.31. The normalized spacial score (nSPS) is 24.9. The number of carbonyl (C=O) groups excluding carboxylic acids is 1. The lowest BCUT2D eigenvalue weighted by Gasteiger charge is -2.18. The molecule has 1 aromatic heterocycles. The molecule has 2 saturated heterocycles. The highest BCUT2D eigenvalue weighted by Crippen LogP contribution is 2.29. The Kier molecular flexibility index (Phi) is 6.01. The highest BCUT2D eigenvalue weighted by atomic mass is 16.6. The van der Waals surface area contributed by atoms with Crippen molar-refractivity contribution < 1.29 is 14.3 Å². The van der Waals surface area contributed by atoms with E-state index in [9.17, 15) is 4.79 Å². The lowest BCUT2D eigenvalue weighted by atomic mass is 10.1. The molecule has 4 rings (SSSR count). The predicted molar refractivity (Wildman–Crippen MR) is 115 cm³/mol. The second-order valence-corrected chi connectivity index (χ2v) is 7.66. The average molecular weight is 412 g/mol. The maximum atomic E-state index is 11.8. The number of ether oxygens (including phenoxy) is 2. The fourth-order valence-corrected chi connectivity index (χ4v) is 3.81. The summed E-state index contributed by atoms with van der Waals surface area (Å²) in [6, 6.07) is 9.66. The number of nitrogens with zero attached hydrogens (tertiary/aromatic N) is 3. The largest absolute Gasteiger partial charge is 0.378 e. The molecule has 3 N–H and O–H groups in total. The number of hydrogen-bond acceptors (Lipinski definition) is 7. The average Bonchev–Trinajstić information content (AvgIpc) is 3.32. The molecule has 0 saturated carbocycles. The van der Waals surface area contributed by atoms with Gasteiger partial charge in [0.05, 0.1) is 31.0 Å². The fourth-order valence-electron chi connectivity index (χ4n) is 3.81. The number of fused-ring (bicyclic) bond motifs is 1. The van der Waals surface area contributed by atoms with E-state index in [1.54, 1.807) is 6.20 Å². The summed E-state index contributed by atoms with van der Waals surface area (Å²) in [5.41, 5.74) is 3.00. The van der Waals surface area contributed by atoms with Crippen LogP contribution < -0.4 is 20.9 Å². The molecule has 0 bridgehead atoms. The van der Waals surface area contributed by atoms with Crippen LogP contribution in [0.1, 0.15) is 6.92 Å². The second-order valence-electron chi connectivity index (χ2n) is 7.66. The van der Waals surface area contributed by atoms with Gasteiger partial charge in [-0.3, -0.25) is 0 Å². The van der Waals surface area contributed by atoms with Gasteiger partial charge in [-0.05, 0) is 25.1 Å². The lowest BCUT2D eigenvalue weighted by molar-refractivity contribution is 0.0682. The van der Waals surface area contributed by atoms with E-state index in [2.05, 4.69) is 43.0 Å². The van der Waals surface area contributed by atoms with E-state index in [-0.39, 0.29) is 30.3 Å². The number of nitrogens with one attached hydrogen (secondary N) is 3. The molecule has 2 amide bonds. The second kappa shape index (κ2) is 8.85. The quantitative estimate of drug-likeness (QED) is 0.661. The molecule has 4 atom stereocenters. The molecular weight excluding hydrogens is 384 g/mol. The third-order valence-corrected chi connectivity index (χ3v) is 5.36. The van der Waals surface area contributed by atoms with Gasteiger partial charge in [0, 0.05) is 38.1 Å². The van der Waals surface area contributed by atoms with E-state index >= 15 is 0 Å². The Morgan fingerprint density at radius 2 is 1.80 bits per heavy atom. The van der Waals surface area contributed by atoms with E-state index in [0.717, 1.165) is 16.9 Å². The fraction of sp³-hybridized carbons (Fsp3) is 0.476. The summed E-state index contributed by atoms with van der Waals surface area (Å²) in [4.78, 5) is 22.9. The number of amides is 2. The van der Waals surface area contributed by atoms with Crippen molar-refractivity contribution in [3.05, 3.63) is 36.5 Å². The summed E-state index contributed by atoms with van der Waals surface area (Å²) >= 11 is 0. The maximum absolute atomic E-state index is 11.8. The summed E-state index contributed by atoms with van der Waals surface area (Å²) < 4.78 is 11.8. The van der Waals surface area contributed by atoms with Gasteiger partial charge in [0.1, 0.15) is 12.2 Å². The van der Waals surface area contributed by atoms with Gasteiger partial charge >= 0.3 is 6.03 Å². The first-order valence-electron chi connectivity index (χ1n) is 10.2. The van der Waals surface area contributed by atoms with Crippen molar-refractivity contribution in [2.24, 2.45) is 0 Å². The van der Waals surface area contributed by atoms with Crippen LogP contribution in [0.3, 0.4) is 0 Å². The number of rotatable bonds is 6. The summed E-state index contributed by atoms with van der Waals surface area (Å²) in [7, 11) is 4.03. The first-order chi connectivity index (χ1) is 14.5. The minimum absolute atomic E-state index is 0.0811. The molecule has 2 aromatic rings. The molecule has 4 unspecified atom stereocenters. The lowest BCUT2D eigenvalue weighted by Crippen LogP contribution is -2.48. The standard InChI is InChI=1S/C21H28N6O3/c1-4-22-21(28)26-17-12-30-18-16(11-29-19(17)18)25-20-23-10-9-15(24-20)13-5-7-14(8-6-13)27(2)3/h5-10,16-19H,4,11-12H2,1-3H3,(H2,22,26,28)(H,23,24,25). The van der Waals surface area contributed by atoms with E-state index in [4.69, 9.17) is 9.47 Å². The SMILES string of the molecule is CCNC(=O)NC1COC2C(Nc3nccc(-c4ccc(N(C)C)cc4)n3)COC12. The van der Waals surface area contributed by atoms with E-state index in [1.807, 2.05) is 39.2 Å². The summed E-state index contributed by atoms with van der Waals surface area (Å²) in [5.74, 6) is 0.530. The van der Waals surface area contributed by atoms with Crippen LogP contribution in [-0.2, 0) is 9.47 Å². The molecule has 2 fully saturated rings. The van der Waals surface area contributed by atoms with Gasteiger partial charge in [-0.15, -0.1) is 0 Å². The zero-order valence-electron chi connectivity index (χ0n) is 17.5. The van der Waals surface area contributed by atoms with Crippen LogP contribution in [-0.4, -0.2) is 74.1 Å². The molecule has 0 aliphatic carbocycles. The highest BCUT2D eigenvalue weighted by molar-refractivity contribution is 5.74. The smallest absolute Gasteiger partial charge is 0.315 e. The molecule has 30 heavy (non-hydrogen) atoms. The van der Waals surface area contributed by atoms with Crippen molar-refractivity contribution in [2.75, 3.05) is 44.1 Å². The Bertz CT molecular complexity index is 875. The van der Waals surface area contributed by atoms with Crippen LogP contribution in [0.4, 0.5) is 16.4 Å². The Morgan fingerprint density at radius 1 is 1.10 bits per heavy atom. The van der Waals surface area contributed by atoms with Crippen LogP contribution >= 0.6 is 0 Å². The topological polar surface area (TPSA) is 101 Å². The number of aromatic nitrogens is 2. The van der Waals surface area contributed by atoms with Gasteiger partial charge in [-0.1, -0.05) is 12.1 Å². The molecular formula is C21H28N6O3. The number of carbonyl (C=O) groups is 1. The van der Waals surface area contributed by atoms with Gasteiger partial charge in [-0.2, -0.15) is 0 Å². The molecule has 2 aliphatic heterocycles. The van der Waals surface area contributed by atoms with Crippen LogP contribution in [0.2, 0.25) is 0 Å². The van der Waals surface area contributed by atoms with Crippen LogP contribution in [0.25, 0.3) is 11.3 Å². The predicted octanol–water partition coefficient (Wildman–Crippen LogP) is 1.48. The van der Waals surface area contributed by atoms with Crippen molar-refractivity contribution in [1.29, 1.82) is 0 Å². The van der Waals surface area contributed by atoms with Crippen LogP contribution in [0.5, 0.6) is 0 Å². The highest BCUT2D eigenvalue weighted by Gasteiger charge is 2.48. The molecule has 9 nitrogen and oxygen atoms in total. The minimum atomic E-state index is -0.205. The molecule has 0 spiro atoms. The van der Waals surface area contributed by atoms with Crippen LogP contribution in [0, 0.1) is 0 Å². The van der Waals surface area contributed by atoms with Crippen molar-refractivity contribution in [3.63, 3.8) is 0 Å². The summed E-state index contributed by atoms with van der Waals surface area (Å²) in [6.45, 7) is 3.34. The summed E-state index contributed by atoms with van der Waals surface area (Å²) in [5, 5.41) is 8.99.